The summed E-state index contributed by atoms with van der Waals surface area (Å²) in [5.41, 5.74) is 0. The van der Waals surface area contributed by atoms with Crippen LogP contribution in [0.4, 0.5) is 0 Å². The van der Waals surface area contributed by atoms with Crippen LogP contribution in [0.15, 0.2) is 0 Å². The van der Waals surface area contributed by atoms with Crippen LogP contribution in [0.5, 0.6) is 0 Å². The van der Waals surface area contributed by atoms with Crippen LogP contribution in [0, 0.1) is 0 Å². The quantitative estimate of drug-likeness (QED) is 0.497. The van der Waals surface area contributed by atoms with Gasteiger partial charge in [0.15, 0.2) is 0 Å². The maximum absolute atomic E-state index is 11.4. The predicted molar refractivity (Wildman–Crippen MR) is 62.0 cm³/mol. The van der Waals surface area contributed by atoms with E-state index in [9.17, 15) is 19.2 Å². The maximum Gasteiger partial charge on any atom is 0.329 e. The molecule has 0 aromatic heterocycles. The standard InChI is InChI=1S/C10H12N2O8.Na/c13-7-1-2-8(14)18-12-6-5-11(17-7)19-9(15)3-4-10(16)20-12;/h1-6H2;. The molecule has 0 N–H and O–H groups in total. The number of nitrogens with zero attached hydrogens (tertiary/aromatic N) is 2. The Bertz CT molecular complexity index is 367. The fourth-order valence-electron chi connectivity index (χ4n) is 1.43. The van der Waals surface area contributed by atoms with E-state index in [0.717, 1.165) is 0 Å². The first-order valence-corrected chi connectivity index (χ1v) is 5.91. The molecule has 2 saturated heterocycles. The molecule has 111 valence electrons. The molecule has 21 heavy (non-hydrogen) atoms. The summed E-state index contributed by atoms with van der Waals surface area (Å²) in [4.78, 5) is 64.6. The number of hydrogen-bond acceptors (Lipinski definition) is 10. The molecule has 2 aliphatic heterocycles. The molecule has 0 spiro atoms. The van der Waals surface area contributed by atoms with Crippen molar-refractivity contribution in [2.75, 3.05) is 13.1 Å². The van der Waals surface area contributed by atoms with Gasteiger partial charge in [-0.1, -0.05) is 0 Å². The van der Waals surface area contributed by atoms with E-state index in [4.69, 9.17) is 19.4 Å². The largest absolute Gasteiger partial charge is 0.333 e. The van der Waals surface area contributed by atoms with Crippen molar-refractivity contribution in [3.63, 3.8) is 0 Å². The Morgan fingerprint density at radius 3 is 1.05 bits per heavy atom. The van der Waals surface area contributed by atoms with Crippen molar-refractivity contribution < 1.29 is 38.5 Å². The van der Waals surface area contributed by atoms with E-state index in [-0.39, 0.29) is 68.3 Å². The first kappa shape index (κ1) is 17.9. The molecule has 0 unspecified atom stereocenters. The number of carbonyl (C=O) groups is 4. The zero-order chi connectivity index (χ0) is 14.5. The third-order valence-electron chi connectivity index (χ3n) is 2.35. The van der Waals surface area contributed by atoms with Crippen LogP contribution in [0.1, 0.15) is 25.7 Å². The summed E-state index contributed by atoms with van der Waals surface area (Å²) in [7, 11) is 0. The number of fused-ring (bicyclic) bond motifs is 3. The minimum Gasteiger partial charge on any atom is -0.333 e. The topological polar surface area (TPSA) is 112 Å². The van der Waals surface area contributed by atoms with E-state index in [2.05, 4.69) is 0 Å². The molecule has 2 bridgehead atoms. The predicted octanol–water partition coefficient (Wildman–Crippen LogP) is -1.37. The maximum atomic E-state index is 11.4. The molecule has 2 fully saturated rings. The minimum absolute atomic E-state index is 0. The van der Waals surface area contributed by atoms with E-state index in [0.29, 0.717) is 10.5 Å². The third kappa shape index (κ3) is 5.98. The average molecular weight is 311 g/mol. The van der Waals surface area contributed by atoms with Crippen LogP contribution in [0.2, 0.25) is 0 Å². The summed E-state index contributed by atoms with van der Waals surface area (Å²) < 4.78 is 0. The molecule has 0 saturated carbocycles. The second kappa shape index (κ2) is 8.29. The van der Waals surface area contributed by atoms with E-state index in [1.54, 1.807) is 0 Å². The second-order valence-electron chi connectivity index (χ2n) is 3.97. The smallest absolute Gasteiger partial charge is 0.329 e. The van der Waals surface area contributed by atoms with Gasteiger partial charge in [-0.3, -0.25) is 19.2 Å². The van der Waals surface area contributed by atoms with Crippen molar-refractivity contribution in [3.8, 4) is 0 Å². The molecule has 2 aliphatic rings. The van der Waals surface area contributed by atoms with Crippen molar-refractivity contribution in [1.82, 2.24) is 10.5 Å². The molecule has 2 heterocycles. The number of carbonyl (C=O) groups excluding carboxylic acids is 4. The normalized spacial score (nSPS) is 27.4. The number of hydroxylamine groups is 4. The number of rotatable bonds is 0. The van der Waals surface area contributed by atoms with Gasteiger partial charge in [0.2, 0.25) is 0 Å². The summed E-state index contributed by atoms with van der Waals surface area (Å²) in [6.07, 6.45) is -1.02. The third-order valence-corrected chi connectivity index (χ3v) is 2.35. The van der Waals surface area contributed by atoms with Crippen molar-refractivity contribution in [1.29, 1.82) is 0 Å². The summed E-state index contributed by atoms with van der Waals surface area (Å²) in [6, 6.07) is 0. The van der Waals surface area contributed by atoms with Crippen LogP contribution in [0.3, 0.4) is 0 Å². The molecule has 0 amide bonds. The number of hydrogen-bond donors (Lipinski definition) is 0. The molecule has 0 atom stereocenters. The van der Waals surface area contributed by atoms with Gasteiger partial charge in [-0.05, 0) is 0 Å². The zero-order valence-electron chi connectivity index (χ0n) is 11.4. The Hall–Kier alpha value is -1.20. The van der Waals surface area contributed by atoms with Crippen LogP contribution in [-0.2, 0) is 38.5 Å². The molecule has 0 aromatic rings. The summed E-state index contributed by atoms with van der Waals surface area (Å²) in [5, 5.41) is 1.35. The van der Waals surface area contributed by atoms with E-state index in [1.165, 1.54) is 0 Å². The van der Waals surface area contributed by atoms with Crippen LogP contribution >= 0.6 is 0 Å². The molecule has 1 radical (unpaired) electrons. The van der Waals surface area contributed by atoms with Gasteiger partial charge >= 0.3 is 23.9 Å². The van der Waals surface area contributed by atoms with Gasteiger partial charge < -0.3 is 19.4 Å². The molecule has 11 heteroatoms. The van der Waals surface area contributed by atoms with Crippen molar-refractivity contribution in [2.45, 2.75) is 25.7 Å². The molecular weight excluding hydrogens is 299 g/mol. The van der Waals surface area contributed by atoms with Crippen molar-refractivity contribution in [3.05, 3.63) is 0 Å². The Kier molecular flexibility index (Phi) is 7.05. The fourth-order valence-corrected chi connectivity index (χ4v) is 1.43. The Morgan fingerprint density at radius 2 is 0.810 bits per heavy atom. The van der Waals surface area contributed by atoms with Gasteiger partial charge in [0.05, 0.1) is 38.8 Å². The fraction of sp³-hybridized carbons (Fsp3) is 0.600. The second-order valence-corrected chi connectivity index (χ2v) is 3.97. The van der Waals surface area contributed by atoms with Gasteiger partial charge in [0, 0.05) is 40.0 Å². The average Bonchev–Trinajstić information content (AvgIpc) is 2.39. The van der Waals surface area contributed by atoms with Crippen molar-refractivity contribution >= 4 is 53.4 Å². The van der Waals surface area contributed by atoms with Crippen molar-refractivity contribution in [2.24, 2.45) is 0 Å². The van der Waals surface area contributed by atoms with Gasteiger partial charge in [0.1, 0.15) is 0 Å². The Morgan fingerprint density at radius 1 is 0.571 bits per heavy atom. The van der Waals surface area contributed by atoms with Gasteiger partial charge in [-0.25, -0.2) is 0 Å². The summed E-state index contributed by atoms with van der Waals surface area (Å²) in [6.45, 7) is -0.309. The van der Waals surface area contributed by atoms with E-state index in [1.807, 2.05) is 0 Å². The van der Waals surface area contributed by atoms with Crippen LogP contribution in [0.25, 0.3) is 0 Å². The Balaban J connectivity index is 0.00000220. The summed E-state index contributed by atoms with van der Waals surface area (Å²) >= 11 is 0. The van der Waals surface area contributed by atoms with Crippen LogP contribution in [-0.4, -0.2) is 77.0 Å². The van der Waals surface area contributed by atoms with E-state index < -0.39 is 23.9 Å². The molecular formula is C10H12N2NaO8. The van der Waals surface area contributed by atoms with Gasteiger partial charge in [-0.2, -0.15) is 0 Å². The molecule has 0 aliphatic carbocycles. The molecule has 2 rings (SSSR count). The van der Waals surface area contributed by atoms with Gasteiger partial charge in [-0.15, -0.1) is 0 Å². The van der Waals surface area contributed by atoms with Crippen LogP contribution < -0.4 is 0 Å². The molecule has 0 aromatic carbocycles. The summed E-state index contributed by atoms with van der Waals surface area (Å²) in [5.74, 6) is -2.95. The molecule has 10 nitrogen and oxygen atoms in total. The Labute approximate surface area is 141 Å². The minimum atomic E-state index is -0.739. The van der Waals surface area contributed by atoms with Gasteiger partial charge in [0.25, 0.3) is 0 Å². The monoisotopic (exact) mass is 311 g/mol. The first-order valence-electron chi connectivity index (χ1n) is 5.91. The van der Waals surface area contributed by atoms with E-state index >= 15 is 0 Å². The first-order chi connectivity index (χ1) is 9.52. The SMILES string of the molecule is O=C1CCC(=O)ON2CCN(O1)OC(=O)CCC(=O)O2.[Na]. The zero-order valence-corrected chi connectivity index (χ0v) is 13.4.